The normalized spacial score (nSPS) is 13.7. The van der Waals surface area contributed by atoms with Gasteiger partial charge < -0.3 is 10.2 Å². The molecular formula is C18H21N3O. The molecule has 0 radical (unpaired) electrons. The average Bonchev–Trinajstić information content (AvgIpc) is 2.56. The minimum absolute atomic E-state index is 0.0789. The highest BCUT2D eigenvalue weighted by molar-refractivity contribution is 6.04. The zero-order valence-corrected chi connectivity index (χ0v) is 13.0. The SMILES string of the molecule is CCc1ccc(NC(=O)N2CCN(C)c3ccccc32)cc1. The molecule has 0 saturated heterocycles. The molecule has 3 rings (SSSR count). The van der Waals surface area contributed by atoms with Gasteiger partial charge in [0.1, 0.15) is 0 Å². The Balaban J connectivity index is 1.79. The molecule has 22 heavy (non-hydrogen) atoms. The summed E-state index contributed by atoms with van der Waals surface area (Å²) in [7, 11) is 2.05. The van der Waals surface area contributed by atoms with Crippen molar-refractivity contribution in [3.05, 3.63) is 54.1 Å². The fraction of sp³-hybridized carbons (Fsp3) is 0.278. The van der Waals surface area contributed by atoms with Crippen molar-refractivity contribution in [2.45, 2.75) is 13.3 Å². The second-order valence-electron chi connectivity index (χ2n) is 5.54. The highest BCUT2D eigenvalue weighted by atomic mass is 16.2. The largest absolute Gasteiger partial charge is 0.371 e. The molecule has 0 fully saturated rings. The Labute approximate surface area is 131 Å². The maximum absolute atomic E-state index is 12.6. The van der Waals surface area contributed by atoms with E-state index in [1.54, 1.807) is 0 Å². The summed E-state index contributed by atoms with van der Waals surface area (Å²) in [6.07, 6.45) is 1.00. The van der Waals surface area contributed by atoms with Crippen LogP contribution in [0.2, 0.25) is 0 Å². The van der Waals surface area contributed by atoms with E-state index < -0.39 is 0 Å². The number of fused-ring (bicyclic) bond motifs is 1. The molecular weight excluding hydrogens is 274 g/mol. The number of benzene rings is 2. The average molecular weight is 295 g/mol. The second-order valence-corrected chi connectivity index (χ2v) is 5.54. The number of rotatable bonds is 2. The maximum atomic E-state index is 12.6. The van der Waals surface area contributed by atoms with Crippen molar-refractivity contribution in [2.24, 2.45) is 0 Å². The first-order valence-corrected chi connectivity index (χ1v) is 7.66. The number of aryl methyl sites for hydroxylation is 1. The number of para-hydroxylation sites is 2. The Hall–Kier alpha value is -2.49. The van der Waals surface area contributed by atoms with Crippen molar-refractivity contribution >= 4 is 23.1 Å². The number of carbonyl (C=O) groups is 1. The first kappa shape index (κ1) is 14.4. The van der Waals surface area contributed by atoms with Gasteiger partial charge in [-0.2, -0.15) is 0 Å². The molecule has 1 N–H and O–H groups in total. The van der Waals surface area contributed by atoms with Gasteiger partial charge in [-0.05, 0) is 36.2 Å². The molecule has 1 aliphatic heterocycles. The molecule has 0 aromatic heterocycles. The van der Waals surface area contributed by atoms with Crippen molar-refractivity contribution < 1.29 is 4.79 Å². The summed E-state index contributed by atoms with van der Waals surface area (Å²) in [4.78, 5) is 16.6. The molecule has 0 unspecified atom stereocenters. The Kier molecular flexibility index (Phi) is 4.00. The first-order chi connectivity index (χ1) is 10.7. The molecule has 1 aliphatic rings. The van der Waals surface area contributed by atoms with Crippen LogP contribution in [0, 0.1) is 0 Å². The van der Waals surface area contributed by atoms with Gasteiger partial charge >= 0.3 is 6.03 Å². The predicted molar refractivity (Wildman–Crippen MR) is 91.9 cm³/mol. The summed E-state index contributed by atoms with van der Waals surface area (Å²) in [6, 6.07) is 15.9. The van der Waals surface area contributed by atoms with E-state index in [4.69, 9.17) is 0 Å². The van der Waals surface area contributed by atoms with Crippen LogP contribution in [0.15, 0.2) is 48.5 Å². The third-order valence-electron chi connectivity index (χ3n) is 4.10. The first-order valence-electron chi connectivity index (χ1n) is 7.66. The fourth-order valence-electron chi connectivity index (χ4n) is 2.73. The molecule has 4 heteroatoms. The summed E-state index contributed by atoms with van der Waals surface area (Å²) in [5.41, 5.74) is 4.14. The molecule has 2 aromatic carbocycles. The van der Waals surface area contributed by atoms with Gasteiger partial charge in [-0.3, -0.25) is 4.90 Å². The van der Waals surface area contributed by atoms with Crippen molar-refractivity contribution in [2.75, 3.05) is 35.3 Å². The lowest BCUT2D eigenvalue weighted by molar-refractivity contribution is 0.257. The number of amides is 2. The summed E-state index contributed by atoms with van der Waals surface area (Å²) < 4.78 is 0. The van der Waals surface area contributed by atoms with Crippen LogP contribution in [-0.2, 0) is 6.42 Å². The van der Waals surface area contributed by atoms with Crippen molar-refractivity contribution in [3.63, 3.8) is 0 Å². The predicted octanol–water partition coefficient (Wildman–Crippen LogP) is 3.74. The quantitative estimate of drug-likeness (QED) is 0.916. The minimum Gasteiger partial charge on any atom is -0.371 e. The molecule has 2 amide bonds. The van der Waals surface area contributed by atoms with Crippen LogP contribution < -0.4 is 15.1 Å². The van der Waals surface area contributed by atoms with Crippen molar-refractivity contribution in [1.82, 2.24) is 0 Å². The fourth-order valence-corrected chi connectivity index (χ4v) is 2.73. The van der Waals surface area contributed by atoms with E-state index in [9.17, 15) is 4.79 Å². The number of hydrogen-bond donors (Lipinski definition) is 1. The zero-order valence-electron chi connectivity index (χ0n) is 13.0. The van der Waals surface area contributed by atoms with Gasteiger partial charge in [-0.25, -0.2) is 4.79 Å². The zero-order chi connectivity index (χ0) is 15.5. The Bertz CT molecular complexity index is 666. The van der Waals surface area contributed by atoms with Crippen LogP contribution in [0.1, 0.15) is 12.5 Å². The van der Waals surface area contributed by atoms with Gasteiger partial charge in [0.2, 0.25) is 0 Å². The van der Waals surface area contributed by atoms with Crippen LogP contribution in [0.25, 0.3) is 0 Å². The summed E-state index contributed by atoms with van der Waals surface area (Å²) in [5.74, 6) is 0. The molecule has 114 valence electrons. The molecule has 4 nitrogen and oxygen atoms in total. The lowest BCUT2D eigenvalue weighted by Crippen LogP contribution is -2.44. The van der Waals surface area contributed by atoms with Gasteiger partial charge in [0, 0.05) is 25.8 Å². The third kappa shape index (κ3) is 2.77. The van der Waals surface area contributed by atoms with Crippen LogP contribution in [0.5, 0.6) is 0 Å². The van der Waals surface area contributed by atoms with E-state index in [-0.39, 0.29) is 6.03 Å². The summed E-state index contributed by atoms with van der Waals surface area (Å²) in [6.45, 7) is 3.64. The van der Waals surface area contributed by atoms with Crippen LogP contribution in [-0.4, -0.2) is 26.2 Å². The third-order valence-corrected chi connectivity index (χ3v) is 4.10. The van der Waals surface area contributed by atoms with Crippen molar-refractivity contribution in [3.8, 4) is 0 Å². The highest BCUT2D eigenvalue weighted by Crippen LogP contribution is 2.32. The molecule has 0 atom stereocenters. The van der Waals surface area contributed by atoms with E-state index in [2.05, 4.69) is 24.2 Å². The van der Waals surface area contributed by atoms with E-state index in [0.29, 0.717) is 6.54 Å². The monoisotopic (exact) mass is 295 g/mol. The maximum Gasteiger partial charge on any atom is 0.326 e. The Morgan fingerprint density at radius 1 is 1.05 bits per heavy atom. The van der Waals surface area contributed by atoms with Gasteiger partial charge in [-0.1, -0.05) is 31.2 Å². The van der Waals surface area contributed by atoms with Gasteiger partial charge in [-0.15, -0.1) is 0 Å². The molecule has 0 saturated carbocycles. The number of carbonyl (C=O) groups excluding carboxylic acids is 1. The molecule has 0 bridgehead atoms. The van der Waals surface area contributed by atoms with Gasteiger partial charge in [0.15, 0.2) is 0 Å². The number of likely N-dealkylation sites (N-methyl/N-ethyl adjacent to an activating group) is 1. The highest BCUT2D eigenvalue weighted by Gasteiger charge is 2.24. The van der Waals surface area contributed by atoms with Crippen LogP contribution in [0.4, 0.5) is 21.9 Å². The van der Waals surface area contributed by atoms with Crippen LogP contribution >= 0.6 is 0 Å². The number of nitrogens with one attached hydrogen (secondary N) is 1. The van der Waals surface area contributed by atoms with Crippen LogP contribution in [0.3, 0.4) is 0 Å². The molecule has 1 heterocycles. The van der Waals surface area contributed by atoms with Gasteiger partial charge in [0.05, 0.1) is 11.4 Å². The standard InChI is InChI=1S/C18H21N3O/c1-3-14-8-10-15(11-9-14)19-18(22)21-13-12-20(2)16-6-4-5-7-17(16)21/h4-11H,3,12-13H2,1-2H3,(H,19,22). The van der Waals surface area contributed by atoms with E-state index in [0.717, 1.165) is 30.0 Å². The Morgan fingerprint density at radius 3 is 2.41 bits per heavy atom. The summed E-state index contributed by atoms with van der Waals surface area (Å²) >= 11 is 0. The topological polar surface area (TPSA) is 35.6 Å². The Morgan fingerprint density at radius 2 is 1.73 bits per heavy atom. The lowest BCUT2D eigenvalue weighted by atomic mass is 10.1. The van der Waals surface area contributed by atoms with E-state index >= 15 is 0 Å². The summed E-state index contributed by atoms with van der Waals surface area (Å²) in [5, 5.41) is 2.99. The molecule has 2 aromatic rings. The number of nitrogens with zero attached hydrogens (tertiary/aromatic N) is 2. The molecule has 0 spiro atoms. The lowest BCUT2D eigenvalue weighted by Gasteiger charge is -2.35. The number of hydrogen-bond acceptors (Lipinski definition) is 2. The van der Waals surface area contributed by atoms with Crippen molar-refractivity contribution in [1.29, 1.82) is 0 Å². The minimum atomic E-state index is -0.0789. The number of anilines is 3. The number of urea groups is 1. The van der Waals surface area contributed by atoms with E-state index in [1.807, 2.05) is 53.4 Å². The molecule has 0 aliphatic carbocycles. The van der Waals surface area contributed by atoms with Gasteiger partial charge in [0.25, 0.3) is 0 Å². The van der Waals surface area contributed by atoms with E-state index in [1.165, 1.54) is 5.56 Å². The second kappa shape index (κ2) is 6.10. The smallest absolute Gasteiger partial charge is 0.326 e.